The van der Waals surface area contributed by atoms with Gasteiger partial charge in [0.2, 0.25) is 0 Å². The highest BCUT2D eigenvalue weighted by atomic mass is 35.5. The second-order valence-electron chi connectivity index (χ2n) is 4.14. The van der Waals surface area contributed by atoms with Crippen molar-refractivity contribution in [1.82, 2.24) is 5.32 Å². The molecule has 4 heteroatoms. The second kappa shape index (κ2) is 6.29. The summed E-state index contributed by atoms with van der Waals surface area (Å²) >= 11 is 12.0. The average Bonchev–Trinajstić information content (AvgIpc) is 2.44. The minimum absolute atomic E-state index is 0.00548. The van der Waals surface area contributed by atoms with Crippen molar-refractivity contribution in [2.24, 2.45) is 0 Å². The Hall–Kier alpha value is -1.22. The van der Waals surface area contributed by atoms with Crippen LogP contribution in [-0.4, -0.2) is 14.2 Å². The lowest BCUT2D eigenvalue weighted by atomic mass is 9.98. The summed E-state index contributed by atoms with van der Waals surface area (Å²) in [5.41, 5.74) is 2.10. The maximum Gasteiger partial charge on any atom is 0.123 e. The maximum absolute atomic E-state index is 6.09. The van der Waals surface area contributed by atoms with E-state index in [4.69, 9.17) is 27.9 Å². The highest BCUT2D eigenvalue weighted by molar-refractivity contribution is 6.42. The van der Waals surface area contributed by atoms with E-state index in [-0.39, 0.29) is 6.04 Å². The molecule has 0 radical (unpaired) electrons. The van der Waals surface area contributed by atoms with Crippen molar-refractivity contribution in [3.63, 3.8) is 0 Å². The molecule has 1 N–H and O–H groups in total. The summed E-state index contributed by atoms with van der Waals surface area (Å²) in [6.07, 6.45) is 0. The third-order valence-corrected chi connectivity index (χ3v) is 3.75. The van der Waals surface area contributed by atoms with Crippen molar-refractivity contribution in [3.05, 3.63) is 63.6 Å². The third-order valence-electron chi connectivity index (χ3n) is 3.02. The van der Waals surface area contributed by atoms with Gasteiger partial charge in [-0.25, -0.2) is 0 Å². The van der Waals surface area contributed by atoms with Crippen molar-refractivity contribution in [1.29, 1.82) is 0 Å². The summed E-state index contributed by atoms with van der Waals surface area (Å²) in [5.74, 6) is 0.841. The highest BCUT2D eigenvalue weighted by Crippen LogP contribution is 2.32. The fourth-order valence-corrected chi connectivity index (χ4v) is 2.41. The number of benzene rings is 2. The van der Waals surface area contributed by atoms with Gasteiger partial charge in [0.15, 0.2) is 0 Å². The monoisotopic (exact) mass is 295 g/mol. The molecule has 0 bridgehead atoms. The van der Waals surface area contributed by atoms with Crippen molar-refractivity contribution in [2.45, 2.75) is 6.04 Å². The number of nitrogens with one attached hydrogen (secondary N) is 1. The Labute approximate surface area is 123 Å². The van der Waals surface area contributed by atoms with Gasteiger partial charge in [-0.15, -0.1) is 0 Å². The second-order valence-corrected chi connectivity index (χ2v) is 4.95. The molecule has 19 heavy (non-hydrogen) atoms. The molecule has 2 rings (SSSR count). The highest BCUT2D eigenvalue weighted by Gasteiger charge is 2.16. The van der Waals surface area contributed by atoms with Gasteiger partial charge < -0.3 is 10.1 Å². The lowest BCUT2D eigenvalue weighted by Crippen LogP contribution is -2.18. The molecule has 0 heterocycles. The van der Waals surface area contributed by atoms with E-state index < -0.39 is 0 Å². The SMILES string of the molecule is CNC(c1ccc(Cl)c(Cl)c1)c1ccccc1OC. The summed E-state index contributed by atoms with van der Waals surface area (Å²) in [7, 11) is 3.57. The zero-order valence-corrected chi connectivity index (χ0v) is 12.3. The molecular weight excluding hydrogens is 281 g/mol. The molecule has 1 unspecified atom stereocenters. The van der Waals surface area contributed by atoms with E-state index >= 15 is 0 Å². The summed E-state index contributed by atoms with van der Waals surface area (Å²) in [6.45, 7) is 0. The van der Waals surface area contributed by atoms with E-state index in [1.807, 2.05) is 43.4 Å². The summed E-state index contributed by atoms with van der Waals surface area (Å²) < 4.78 is 5.40. The quantitative estimate of drug-likeness (QED) is 0.907. The lowest BCUT2D eigenvalue weighted by Gasteiger charge is -2.20. The van der Waals surface area contributed by atoms with Crippen LogP contribution in [0.3, 0.4) is 0 Å². The smallest absolute Gasteiger partial charge is 0.123 e. The van der Waals surface area contributed by atoms with Gasteiger partial charge in [-0.05, 0) is 30.8 Å². The van der Waals surface area contributed by atoms with Crippen LogP contribution in [0.1, 0.15) is 17.2 Å². The normalized spacial score (nSPS) is 12.2. The van der Waals surface area contributed by atoms with Crippen LogP contribution in [0.5, 0.6) is 5.75 Å². The number of ether oxygens (including phenoxy) is 1. The van der Waals surface area contributed by atoms with Crippen LogP contribution >= 0.6 is 23.2 Å². The number of para-hydroxylation sites is 1. The molecule has 0 spiro atoms. The zero-order valence-electron chi connectivity index (χ0n) is 10.8. The Morgan fingerprint density at radius 1 is 1.05 bits per heavy atom. The first-order chi connectivity index (χ1) is 9.17. The first-order valence-electron chi connectivity index (χ1n) is 5.92. The molecule has 0 fully saturated rings. The average molecular weight is 296 g/mol. The van der Waals surface area contributed by atoms with Gasteiger partial charge in [-0.2, -0.15) is 0 Å². The minimum atomic E-state index is 0.00548. The van der Waals surface area contributed by atoms with Gasteiger partial charge in [-0.1, -0.05) is 47.5 Å². The molecule has 2 nitrogen and oxygen atoms in total. The zero-order chi connectivity index (χ0) is 13.8. The van der Waals surface area contributed by atoms with Crippen LogP contribution in [-0.2, 0) is 0 Å². The van der Waals surface area contributed by atoms with Crippen LogP contribution in [0, 0.1) is 0 Å². The van der Waals surface area contributed by atoms with Gasteiger partial charge >= 0.3 is 0 Å². The van der Waals surface area contributed by atoms with Crippen LogP contribution in [0.4, 0.5) is 0 Å². The van der Waals surface area contributed by atoms with E-state index in [2.05, 4.69) is 5.32 Å². The van der Waals surface area contributed by atoms with E-state index in [1.54, 1.807) is 13.2 Å². The predicted molar refractivity (Wildman–Crippen MR) is 80.4 cm³/mol. The van der Waals surface area contributed by atoms with Crippen molar-refractivity contribution in [2.75, 3.05) is 14.2 Å². The van der Waals surface area contributed by atoms with Gasteiger partial charge in [0, 0.05) is 5.56 Å². The lowest BCUT2D eigenvalue weighted by molar-refractivity contribution is 0.405. The molecule has 0 aliphatic carbocycles. The van der Waals surface area contributed by atoms with E-state index in [0.29, 0.717) is 10.0 Å². The van der Waals surface area contributed by atoms with Gasteiger partial charge in [0.25, 0.3) is 0 Å². The predicted octanol–water partition coefficient (Wildman–Crippen LogP) is 4.31. The third kappa shape index (κ3) is 3.03. The summed E-state index contributed by atoms with van der Waals surface area (Å²) in [5, 5.41) is 4.38. The van der Waals surface area contributed by atoms with Crippen molar-refractivity contribution in [3.8, 4) is 5.75 Å². The Kier molecular flexibility index (Phi) is 4.70. The van der Waals surface area contributed by atoms with Gasteiger partial charge in [0.05, 0.1) is 23.2 Å². The fourth-order valence-electron chi connectivity index (χ4n) is 2.10. The largest absolute Gasteiger partial charge is 0.496 e. The molecule has 2 aromatic carbocycles. The topological polar surface area (TPSA) is 21.3 Å². The summed E-state index contributed by atoms with van der Waals surface area (Å²) in [6, 6.07) is 13.5. The number of methoxy groups -OCH3 is 1. The van der Waals surface area contributed by atoms with Crippen molar-refractivity contribution < 1.29 is 4.74 Å². The van der Waals surface area contributed by atoms with Crippen molar-refractivity contribution >= 4 is 23.2 Å². The maximum atomic E-state index is 6.09. The van der Waals surface area contributed by atoms with Crippen LogP contribution < -0.4 is 10.1 Å². The first-order valence-corrected chi connectivity index (χ1v) is 6.68. The van der Waals surface area contributed by atoms with Crippen LogP contribution in [0.2, 0.25) is 10.0 Å². The fraction of sp³-hybridized carbons (Fsp3) is 0.200. The molecule has 0 aliphatic rings. The Morgan fingerprint density at radius 2 is 1.79 bits per heavy atom. The first kappa shape index (κ1) is 14.2. The number of hydrogen-bond donors (Lipinski definition) is 1. The Morgan fingerprint density at radius 3 is 2.42 bits per heavy atom. The minimum Gasteiger partial charge on any atom is -0.496 e. The Balaban J connectivity index is 2.46. The van der Waals surface area contributed by atoms with Gasteiger partial charge in [-0.3, -0.25) is 0 Å². The van der Waals surface area contributed by atoms with E-state index in [0.717, 1.165) is 16.9 Å². The molecular formula is C15H15Cl2NO. The summed E-state index contributed by atoms with van der Waals surface area (Å²) in [4.78, 5) is 0. The van der Waals surface area contributed by atoms with Crippen LogP contribution in [0.15, 0.2) is 42.5 Å². The molecule has 2 aromatic rings. The number of halogens is 2. The number of rotatable bonds is 4. The Bertz CT molecular complexity index is 572. The molecule has 100 valence electrons. The van der Waals surface area contributed by atoms with Gasteiger partial charge in [0.1, 0.15) is 5.75 Å². The molecule has 0 aliphatic heterocycles. The molecule has 0 saturated heterocycles. The van der Waals surface area contributed by atoms with E-state index in [1.165, 1.54) is 0 Å². The molecule has 0 saturated carbocycles. The van der Waals surface area contributed by atoms with Crippen LogP contribution in [0.25, 0.3) is 0 Å². The standard InChI is InChI=1S/C15H15Cl2NO/c1-18-15(10-7-8-12(16)13(17)9-10)11-5-3-4-6-14(11)19-2/h3-9,15,18H,1-2H3. The number of hydrogen-bond acceptors (Lipinski definition) is 2. The molecule has 0 aromatic heterocycles. The molecule has 1 atom stereocenters. The molecule has 0 amide bonds. The van der Waals surface area contributed by atoms with E-state index in [9.17, 15) is 0 Å².